The molecular formula is C14H16N2O3. The Hall–Kier alpha value is -2.30. The number of rotatable bonds is 4. The van der Waals surface area contributed by atoms with E-state index in [1.807, 2.05) is 30.4 Å². The number of carbonyl (C=O) groups excluding carboxylic acids is 1. The third-order valence-electron chi connectivity index (χ3n) is 2.83. The van der Waals surface area contributed by atoms with E-state index in [0.717, 1.165) is 22.8 Å². The summed E-state index contributed by atoms with van der Waals surface area (Å²) < 4.78 is 10.4. The number of nitrogens with one attached hydrogen (secondary N) is 1. The molecular weight excluding hydrogens is 244 g/mol. The first-order valence-corrected chi connectivity index (χ1v) is 5.98. The second-order valence-electron chi connectivity index (χ2n) is 4.08. The van der Waals surface area contributed by atoms with Crippen molar-refractivity contribution in [2.75, 3.05) is 14.2 Å². The van der Waals surface area contributed by atoms with Gasteiger partial charge in [-0.05, 0) is 24.3 Å². The number of methoxy groups -OCH3 is 2. The van der Waals surface area contributed by atoms with E-state index < -0.39 is 0 Å². The average Bonchev–Trinajstić information content (AvgIpc) is 2.46. The van der Waals surface area contributed by atoms with Gasteiger partial charge in [0, 0.05) is 24.5 Å². The van der Waals surface area contributed by atoms with Gasteiger partial charge in [-0.25, -0.2) is 5.43 Å². The third-order valence-corrected chi connectivity index (χ3v) is 2.83. The lowest BCUT2D eigenvalue weighted by atomic mass is 10.1. The molecule has 1 N–H and O–H groups in total. The summed E-state index contributed by atoms with van der Waals surface area (Å²) in [4.78, 5) is 11.0. The highest BCUT2D eigenvalue weighted by Gasteiger charge is 2.09. The van der Waals surface area contributed by atoms with Crippen LogP contribution in [0.3, 0.4) is 0 Å². The van der Waals surface area contributed by atoms with Crippen LogP contribution in [0.2, 0.25) is 0 Å². The van der Waals surface area contributed by atoms with Gasteiger partial charge in [0.25, 0.3) is 0 Å². The minimum Gasteiger partial charge on any atom is -0.497 e. The largest absolute Gasteiger partial charge is 0.497 e. The first-order valence-electron chi connectivity index (χ1n) is 5.98. The zero-order valence-corrected chi connectivity index (χ0v) is 11.0. The van der Waals surface area contributed by atoms with E-state index in [4.69, 9.17) is 9.47 Å². The first-order chi connectivity index (χ1) is 9.22. The standard InChI is InChI=1S/C14H16N2O3/c1-18-12-7-4-10(13(9-12)19-2)3-5-11-6-8-14(17)16-15-11/h3-5,7,9H,6,8H2,1-2H3,(H,16,17). The molecule has 0 atom stereocenters. The zero-order chi connectivity index (χ0) is 13.7. The molecule has 5 heteroatoms. The maximum absolute atomic E-state index is 11.0. The minimum atomic E-state index is -0.0424. The van der Waals surface area contributed by atoms with Crippen LogP contribution in [0.5, 0.6) is 11.5 Å². The van der Waals surface area contributed by atoms with Crippen molar-refractivity contribution in [3.05, 3.63) is 29.8 Å². The van der Waals surface area contributed by atoms with Gasteiger partial charge in [-0.1, -0.05) is 0 Å². The molecule has 100 valence electrons. The number of hydrogen-bond donors (Lipinski definition) is 1. The van der Waals surface area contributed by atoms with E-state index in [1.165, 1.54) is 0 Å². The van der Waals surface area contributed by atoms with Crippen molar-refractivity contribution in [1.29, 1.82) is 0 Å². The minimum absolute atomic E-state index is 0.0424. The Morgan fingerprint density at radius 2 is 2.05 bits per heavy atom. The number of hydrazone groups is 1. The SMILES string of the molecule is COc1ccc(C=CC2=NNC(=O)CC2)c(OC)c1. The van der Waals surface area contributed by atoms with Gasteiger partial charge in [-0.15, -0.1) is 0 Å². The molecule has 5 nitrogen and oxygen atoms in total. The molecule has 0 fully saturated rings. The lowest BCUT2D eigenvalue weighted by Gasteiger charge is -2.09. The van der Waals surface area contributed by atoms with E-state index in [9.17, 15) is 4.79 Å². The summed E-state index contributed by atoms with van der Waals surface area (Å²) in [6.07, 6.45) is 4.92. The second-order valence-corrected chi connectivity index (χ2v) is 4.08. The number of ether oxygens (including phenoxy) is 2. The van der Waals surface area contributed by atoms with Gasteiger partial charge in [0.2, 0.25) is 5.91 Å². The van der Waals surface area contributed by atoms with E-state index in [2.05, 4.69) is 10.5 Å². The number of amides is 1. The summed E-state index contributed by atoms with van der Waals surface area (Å²) in [5.41, 5.74) is 4.24. The molecule has 1 aliphatic heterocycles. The van der Waals surface area contributed by atoms with Crippen LogP contribution in [0.25, 0.3) is 6.08 Å². The quantitative estimate of drug-likeness (QED) is 0.900. The Morgan fingerprint density at radius 3 is 2.68 bits per heavy atom. The van der Waals surface area contributed by atoms with Gasteiger partial charge < -0.3 is 9.47 Å². The van der Waals surface area contributed by atoms with Crippen LogP contribution in [0.15, 0.2) is 29.4 Å². The number of benzene rings is 1. The average molecular weight is 260 g/mol. The Balaban J connectivity index is 2.16. The molecule has 0 unspecified atom stereocenters. The maximum atomic E-state index is 11.0. The van der Waals surface area contributed by atoms with Gasteiger partial charge in [0.15, 0.2) is 0 Å². The fourth-order valence-electron chi connectivity index (χ4n) is 1.75. The molecule has 0 aliphatic carbocycles. The molecule has 1 aliphatic rings. The summed E-state index contributed by atoms with van der Waals surface area (Å²) in [7, 11) is 3.23. The highest BCUT2D eigenvalue weighted by Crippen LogP contribution is 2.25. The summed E-state index contributed by atoms with van der Waals surface area (Å²) in [6, 6.07) is 5.60. The monoisotopic (exact) mass is 260 g/mol. The fraction of sp³-hybridized carbons (Fsp3) is 0.286. The maximum Gasteiger partial charge on any atom is 0.240 e. The lowest BCUT2D eigenvalue weighted by molar-refractivity contribution is -0.121. The van der Waals surface area contributed by atoms with Crippen molar-refractivity contribution < 1.29 is 14.3 Å². The van der Waals surface area contributed by atoms with Gasteiger partial charge in [-0.2, -0.15) is 5.10 Å². The van der Waals surface area contributed by atoms with Crippen LogP contribution in [0.1, 0.15) is 18.4 Å². The van der Waals surface area contributed by atoms with Gasteiger partial charge in [0.1, 0.15) is 11.5 Å². The Labute approximate surface area is 111 Å². The molecule has 1 heterocycles. The van der Waals surface area contributed by atoms with Crippen molar-refractivity contribution in [3.63, 3.8) is 0 Å². The van der Waals surface area contributed by atoms with Crippen LogP contribution in [0, 0.1) is 0 Å². The highest BCUT2D eigenvalue weighted by molar-refractivity contribution is 6.02. The molecule has 0 radical (unpaired) electrons. The summed E-state index contributed by atoms with van der Waals surface area (Å²) in [5.74, 6) is 1.44. The summed E-state index contributed by atoms with van der Waals surface area (Å²) >= 11 is 0. The molecule has 1 aromatic rings. The lowest BCUT2D eigenvalue weighted by Crippen LogP contribution is -2.24. The van der Waals surface area contributed by atoms with Crippen molar-refractivity contribution in [2.45, 2.75) is 12.8 Å². The number of hydrogen-bond acceptors (Lipinski definition) is 4. The van der Waals surface area contributed by atoms with Gasteiger partial charge >= 0.3 is 0 Å². The number of carbonyl (C=O) groups is 1. The fourth-order valence-corrected chi connectivity index (χ4v) is 1.75. The third kappa shape index (κ3) is 3.34. The number of nitrogens with zero attached hydrogens (tertiary/aromatic N) is 1. The van der Waals surface area contributed by atoms with E-state index in [-0.39, 0.29) is 5.91 Å². The Bertz CT molecular complexity index is 535. The predicted octanol–water partition coefficient (Wildman–Crippen LogP) is 1.98. The van der Waals surface area contributed by atoms with Crippen LogP contribution in [-0.2, 0) is 4.79 Å². The molecule has 0 saturated carbocycles. The molecule has 0 saturated heterocycles. The summed E-state index contributed by atoms with van der Waals surface area (Å²) in [5, 5.41) is 3.98. The van der Waals surface area contributed by atoms with Crippen molar-refractivity contribution in [2.24, 2.45) is 5.10 Å². The molecule has 0 bridgehead atoms. The number of allylic oxidation sites excluding steroid dienone is 1. The topological polar surface area (TPSA) is 59.9 Å². The molecule has 19 heavy (non-hydrogen) atoms. The molecule has 1 amide bonds. The zero-order valence-electron chi connectivity index (χ0n) is 11.0. The first kappa shape index (κ1) is 13.1. The van der Waals surface area contributed by atoms with Crippen LogP contribution >= 0.6 is 0 Å². The molecule has 1 aromatic carbocycles. The molecule has 2 rings (SSSR count). The van der Waals surface area contributed by atoms with Crippen LogP contribution in [0.4, 0.5) is 0 Å². The smallest absolute Gasteiger partial charge is 0.240 e. The van der Waals surface area contributed by atoms with E-state index >= 15 is 0 Å². The summed E-state index contributed by atoms with van der Waals surface area (Å²) in [6.45, 7) is 0. The molecule has 0 aromatic heterocycles. The van der Waals surface area contributed by atoms with Crippen molar-refractivity contribution >= 4 is 17.7 Å². The molecule has 0 spiro atoms. The van der Waals surface area contributed by atoms with Gasteiger partial charge in [-0.3, -0.25) is 4.79 Å². The van der Waals surface area contributed by atoms with Crippen molar-refractivity contribution in [1.82, 2.24) is 5.43 Å². The highest BCUT2D eigenvalue weighted by atomic mass is 16.5. The van der Waals surface area contributed by atoms with E-state index in [0.29, 0.717) is 12.8 Å². The Kier molecular flexibility index (Phi) is 4.18. The second kappa shape index (κ2) is 6.04. The predicted molar refractivity (Wildman–Crippen MR) is 73.4 cm³/mol. The van der Waals surface area contributed by atoms with E-state index in [1.54, 1.807) is 14.2 Å². The Morgan fingerprint density at radius 1 is 1.21 bits per heavy atom. The van der Waals surface area contributed by atoms with Crippen molar-refractivity contribution in [3.8, 4) is 11.5 Å². The van der Waals surface area contributed by atoms with Crippen LogP contribution in [-0.4, -0.2) is 25.8 Å². The van der Waals surface area contributed by atoms with Crippen LogP contribution < -0.4 is 14.9 Å². The van der Waals surface area contributed by atoms with Gasteiger partial charge in [0.05, 0.1) is 19.9 Å². The normalized spacial score (nSPS) is 15.1.